The molecule has 0 unspecified atom stereocenters. The molecular weight excluding hydrogens is 422 g/mol. The molecule has 3 aromatic rings. The Morgan fingerprint density at radius 3 is 2.36 bits per heavy atom. The van der Waals surface area contributed by atoms with Gasteiger partial charge < -0.3 is 10.1 Å². The van der Waals surface area contributed by atoms with Crippen LogP contribution in [0.5, 0.6) is 11.5 Å². The van der Waals surface area contributed by atoms with E-state index in [1.165, 1.54) is 23.1 Å². The molecule has 0 aliphatic rings. The van der Waals surface area contributed by atoms with Crippen molar-refractivity contribution in [2.24, 2.45) is 0 Å². The summed E-state index contributed by atoms with van der Waals surface area (Å²) in [7, 11) is 0. The fourth-order valence-electron chi connectivity index (χ4n) is 1.91. The Hall–Kier alpha value is -1.90. The first kappa shape index (κ1) is 17.9. The number of carbonyl (C=O) groups excluding carboxylic acids is 1. The molecule has 0 radical (unpaired) electrons. The fraction of sp³-hybridized carbons (Fsp3) is 0.118. The van der Waals surface area contributed by atoms with E-state index in [9.17, 15) is 4.79 Å². The van der Waals surface area contributed by atoms with E-state index in [0.717, 1.165) is 25.3 Å². The Morgan fingerprint density at radius 2 is 1.76 bits per heavy atom. The zero-order valence-electron chi connectivity index (χ0n) is 13.2. The van der Waals surface area contributed by atoms with Crippen LogP contribution in [0.2, 0.25) is 0 Å². The van der Waals surface area contributed by atoms with Crippen LogP contribution in [0.4, 0.5) is 5.69 Å². The van der Waals surface area contributed by atoms with Gasteiger partial charge in [-0.1, -0.05) is 39.0 Å². The van der Waals surface area contributed by atoms with Gasteiger partial charge in [0.05, 0.1) is 5.75 Å². The summed E-state index contributed by atoms with van der Waals surface area (Å²) in [5, 5.41) is 11.7. The van der Waals surface area contributed by atoms with Gasteiger partial charge in [-0.05, 0) is 55.5 Å². The Kier molecular flexibility index (Phi) is 6.06. The molecule has 0 aliphatic heterocycles. The first-order valence-corrected chi connectivity index (χ1v) is 9.94. The normalized spacial score (nSPS) is 10.5. The Bertz CT molecular complexity index is 851. The van der Waals surface area contributed by atoms with E-state index in [-0.39, 0.29) is 5.91 Å². The third kappa shape index (κ3) is 5.55. The number of carbonyl (C=O) groups is 1. The van der Waals surface area contributed by atoms with Gasteiger partial charge >= 0.3 is 0 Å². The maximum Gasteiger partial charge on any atom is 0.234 e. The van der Waals surface area contributed by atoms with Crippen molar-refractivity contribution in [2.75, 3.05) is 11.1 Å². The summed E-state index contributed by atoms with van der Waals surface area (Å²) in [6, 6.07) is 14.9. The number of anilines is 1. The van der Waals surface area contributed by atoms with E-state index in [4.69, 9.17) is 4.74 Å². The molecule has 0 atom stereocenters. The number of aromatic nitrogens is 2. The summed E-state index contributed by atoms with van der Waals surface area (Å²) in [5.74, 6) is 1.67. The van der Waals surface area contributed by atoms with Crippen molar-refractivity contribution in [3.63, 3.8) is 0 Å². The maximum absolute atomic E-state index is 12.0. The molecule has 2 aromatic carbocycles. The number of rotatable bonds is 6. The second kappa shape index (κ2) is 8.46. The smallest absolute Gasteiger partial charge is 0.234 e. The Morgan fingerprint density at radius 1 is 1.12 bits per heavy atom. The minimum absolute atomic E-state index is 0.0839. The van der Waals surface area contributed by atoms with E-state index in [2.05, 4.69) is 31.4 Å². The second-order valence-electron chi connectivity index (χ2n) is 5.00. The third-order valence-corrected chi connectivity index (χ3v) is 5.52. The number of benzene rings is 2. The van der Waals surface area contributed by atoms with Crippen molar-refractivity contribution in [3.8, 4) is 11.5 Å². The SMILES string of the molecule is Cc1nnc(SCC(=O)Nc2ccc(Oc3ccc(Br)cc3)cc2)s1. The summed E-state index contributed by atoms with van der Waals surface area (Å²) in [6.07, 6.45) is 0. The number of amides is 1. The van der Waals surface area contributed by atoms with Crippen LogP contribution in [0.15, 0.2) is 57.3 Å². The largest absolute Gasteiger partial charge is 0.457 e. The van der Waals surface area contributed by atoms with Crippen LogP contribution in [0.1, 0.15) is 5.01 Å². The fourth-order valence-corrected chi connectivity index (χ4v) is 3.79. The highest BCUT2D eigenvalue weighted by Crippen LogP contribution is 2.25. The minimum atomic E-state index is -0.0839. The third-order valence-electron chi connectivity index (χ3n) is 3.02. The zero-order chi connectivity index (χ0) is 17.6. The van der Waals surface area contributed by atoms with Crippen molar-refractivity contribution in [3.05, 3.63) is 58.0 Å². The lowest BCUT2D eigenvalue weighted by atomic mass is 10.3. The van der Waals surface area contributed by atoms with Gasteiger partial charge in [-0.15, -0.1) is 10.2 Å². The highest BCUT2D eigenvalue weighted by atomic mass is 79.9. The molecule has 1 amide bonds. The predicted molar refractivity (Wildman–Crippen MR) is 105 cm³/mol. The van der Waals surface area contributed by atoms with E-state index in [1.54, 1.807) is 0 Å². The number of hydrogen-bond donors (Lipinski definition) is 1. The monoisotopic (exact) mass is 435 g/mol. The summed E-state index contributed by atoms with van der Waals surface area (Å²) < 4.78 is 7.55. The second-order valence-corrected chi connectivity index (χ2v) is 8.32. The van der Waals surface area contributed by atoms with E-state index < -0.39 is 0 Å². The number of halogens is 1. The number of nitrogens with one attached hydrogen (secondary N) is 1. The summed E-state index contributed by atoms with van der Waals surface area (Å²) in [4.78, 5) is 12.0. The topological polar surface area (TPSA) is 64.1 Å². The highest BCUT2D eigenvalue weighted by molar-refractivity contribution is 9.10. The number of nitrogens with zero attached hydrogens (tertiary/aromatic N) is 2. The van der Waals surface area contributed by atoms with E-state index in [1.807, 2.05) is 55.5 Å². The van der Waals surface area contributed by atoms with Crippen LogP contribution in [0.25, 0.3) is 0 Å². The predicted octanol–water partition coefficient (Wildman–Crippen LogP) is 5.13. The van der Waals surface area contributed by atoms with Crippen LogP contribution >= 0.6 is 39.0 Å². The van der Waals surface area contributed by atoms with Gasteiger partial charge in [0.2, 0.25) is 5.91 Å². The Balaban J connectivity index is 1.51. The van der Waals surface area contributed by atoms with Crippen LogP contribution in [0.3, 0.4) is 0 Å². The first-order chi connectivity index (χ1) is 12.1. The molecule has 0 fully saturated rings. The molecule has 1 N–H and O–H groups in total. The van der Waals surface area contributed by atoms with Gasteiger partial charge in [0, 0.05) is 10.2 Å². The van der Waals surface area contributed by atoms with Gasteiger partial charge in [-0.2, -0.15) is 0 Å². The zero-order valence-corrected chi connectivity index (χ0v) is 16.5. The molecule has 0 saturated heterocycles. The van der Waals surface area contributed by atoms with Crippen LogP contribution in [-0.2, 0) is 4.79 Å². The van der Waals surface area contributed by atoms with Gasteiger partial charge in [0.1, 0.15) is 16.5 Å². The average molecular weight is 436 g/mol. The standard InChI is InChI=1S/C17H14BrN3O2S2/c1-11-20-21-17(25-11)24-10-16(22)19-13-4-8-15(9-5-13)23-14-6-2-12(18)3-7-14/h2-9H,10H2,1H3,(H,19,22). The number of hydrogen-bond acceptors (Lipinski definition) is 6. The summed E-state index contributed by atoms with van der Waals surface area (Å²) in [5.41, 5.74) is 0.724. The minimum Gasteiger partial charge on any atom is -0.457 e. The Labute approximate surface area is 162 Å². The molecule has 0 saturated carbocycles. The van der Waals surface area contributed by atoms with Crippen LogP contribution in [-0.4, -0.2) is 21.9 Å². The van der Waals surface area contributed by atoms with Gasteiger partial charge in [-0.25, -0.2) is 0 Å². The van der Waals surface area contributed by atoms with Gasteiger partial charge in [0.25, 0.3) is 0 Å². The van der Waals surface area contributed by atoms with Crippen LogP contribution in [0, 0.1) is 6.92 Å². The molecule has 8 heteroatoms. The number of ether oxygens (including phenoxy) is 1. The van der Waals surface area contributed by atoms with Crippen molar-refractivity contribution in [1.82, 2.24) is 10.2 Å². The van der Waals surface area contributed by atoms with Crippen molar-refractivity contribution < 1.29 is 9.53 Å². The van der Waals surface area contributed by atoms with Crippen LogP contribution < -0.4 is 10.1 Å². The molecule has 1 aromatic heterocycles. The molecule has 128 valence electrons. The summed E-state index contributed by atoms with van der Waals surface area (Å²) >= 11 is 6.25. The molecule has 0 bridgehead atoms. The lowest BCUT2D eigenvalue weighted by Gasteiger charge is -2.08. The first-order valence-electron chi connectivity index (χ1n) is 7.35. The lowest BCUT2D eigenvalue weighted by molar-refractivity contribution is -0.113. The molecular formula is C17H14BrN3O2S2. The van der Waals surface area contributed by atoms with Crippen molar-refractivity contribution >= 4 is 50.6 Å². The van der Waals surface area contributed by atoms with E-state index in [0.29, 0.717) is 11.5 Å². The molecule has 25 heavy (non-hydrogen) atoms. The molecule has 0 spiro atoms. The molecule has 3 rings (SSSR count). The maximum atomic E-state index is 12.0. The lowest BCUT2D eigenvalue weighted by Crippen LogP contribution is -2.13. The molecule has 1 heterocycles. The average Bonchev–Trinajstić information content (AvgIpc) is 3.02. The number of aryl methyl sites for hydroxylation is 1. The van der Waals surface area contributed by atoms with Crippen molar-refractivity contribution in [2.45, 2.75) is 11.3 Å². The van der Waals surface area contributed by atoms with E-state index >= 15 is 0 Å². The quantitative estimate of drug-likeness (QED) is 0.543. The van der Waals surface area contributed by atoms with Gasteiger partial charge in [0.15, 0.2) is 4.34 Å². The summed E-state index contributed by atoms with van der Waals surface area (Å²) in [6.45, 7) is 1.89. The number of thioether (sulfide) groups is 1. The van der Waals surface area contributed by atoms with Crippen molar-refractivity contribution in [1.29, 1.82) is 0 Å². The highest BCUT2D eigenvalue weighted by Gasteiger charge is 2.07. The molecule has 0 aliphatic carbocycles. The molecule has 5 nitrogen and oxygen atoms in total. The van der Waals surface area contributed by atoms with Gasteiger partial charge in [-0.3, -0.25) is 4.79 Å².